The van der Waals surface area contributed by atoms with E-state index < -0.39 is 9.84 Å². The first-order valence-electron chi connectivity index (χ1n) is 5.30. The van der Waals surface area contributed by atoms with Crippen molar-refractivity contribution in [2.75, 3.05) is 18.1 Å². The van der Waals surface area contributed by atoms with Gasteiger partial charge in [0.05, 0.1) is 17.6 Å². The summed E-state index contributed by atoms with van der Waals surface area (Å²) in [6, 6.07) is 2.10. The third-order valence-electron chi connectivity index (χ3n) is 2.77. The lowest BCUT2D eigenvalue weighted by Gasteiger charge is -2.23. The summed E-state index contributed by atoms with van der Waals surface area (Å²) < 4.78 is 22.6. The number of nitriles is 1. The molecule has 1 fully saturated rings. The van der Waals surface area contributed by atoms with Crippen LogP contribution in [0.15, 0.2) is 0 Å². The van der Waals surface area contributed by atoms with Gasteiger partial charge in [-0.3, -0.25) is 0 Å². The molecule has 1 rings (SSSR count). The monoisotopic (exact) mass is 230 g/mol. The fraction of sp³-hybridized carbons (Fsp3) is 0.900. The number of hydrogen-bond donors (Lipinski definition) is 1. The SMILES string of the molecule is CC1(NCCCCC#N)CCS(=O)(=O)C1. The van der Waals surface area contributed by atoms with Crippen molar-refractivity contribution < 1.29 is 8.42 Å². The highest BCUT2D eigenvalue weighted by Crippen LogP contribution is 2.22. The first-order valence-corrected chi connectivity index (χ1v) is 7.12. The predicted molar refractivity (Wildman–Crippen MR) is 59.1 cm³/mol. The van der Waals surface area contributed by atoms with Crippen molar-refractivity contribution in [3.05, 3.63) is 0 Å². The van der Waals surface area contributed by atoms with Gasteiger partial charge in [0.2, 0.25) is 0 Å². The molecule has 0 aromatic rings. The smallest absolute Gasteiger partial charge is 0.152 e. The summed E-state index contributed by atoms with van der Waals surface area (Å²) in [4.78, 5) is 0. The van der Waals surface area contributed by atoms with Crippen LogP contribution in [-0.4, -0.2) is 32.0 Å². The Kier molecular flexibility index (Phi) is 4.12. The molecule has 1 saturated heterocycles. The molecule has 1 aliphatic heterocycles. The lowest BCUT2D eigenvalue weighted by Crippen LogP contribution is -2.43. The summed E-state index contributed by atoms with van der Waals surface area (Å²) in [6.45, 7) is 2.76. The highest BCUT2D eigenvalue weighted by atomic mass is 32.2. The molecule has 86 valence electrons. The Hall–Kier alpha value is -0.600. The second kappa shape index (κ2) is 4.95. The number of sulfone groups is 1. The third kappa shape index (κ3) is 4.18. The predicted octanol–water partition coefficient (Wildman–Crippen LogP) is 0.847. The van der Waals surface area contributed by atoms with Crippen LogP contribution in [0.25, 0.3) is 0 Å². The second-order valence-corrected chi connectivity index (χ2v) is 6.63. The third-order valence-corrected chi connectivity index (χ3v) is 4.67. The average Bonchev–Trinajstić information content (AvgIpc) is 2.41. The Morgan fingerprint density at radius 2 is 2.20 bits per heavy atom. The van der Waals surface area contributed by atoms with Gasteiger partial charge in [-0.2, -0.15) is 5.26 Å². The van der Waals surface area contributed by atoms with E-state index in [1.165, 1.54) is 0 Å². The molecule has 1 atom stereocenters. The highest BCUT2D eigenvalue weighted by molar-refractivity contribution is 7.91. The van der Waals surface area contributed by atoms with E-state index in [1.807, 2.05) is 6.92 Å². The first-order chi connectivity index (χ1) is 6.97. The topological polar surface area (TPSA) is 70.0 Å². The standard InChI is InChI=1S/C10H18N2O2S/c1-10(5-8-15(13,14)9-10)12-7-4-2-3-6-11/h12H,2-5,7-9H2,1H3. The molecule has 0 aromatic carbocycles. The molecule has 5 heteroatoms. The van der Waals surface area contributed by atoms with E-state index in [2.05, 4.69) is 11.4 Å². The summed E-state index contributed by atoms with van der Waals surface area (Å²) >= 11 is 0. The van der Waals surface area contributed by atoms with Crippen molar-refractivity contribution in [2.24, 2.45) is 0 Å². The van der Waals surface area contributed by atoms with E-state index in [4.69, 9.17) is 5.26 Å². The van der Waals surface area contributed by atoms with Crippen LogP contribution in [0, 0.1) is 11.3 Å². The van der Waals surface area contributed by atoms with Gasteiger partial charge >= 0.3 is 0 Å². The minimum Gasteiger partial charge on any atom is -0.310 e. The van der Waals surface area contributed by atoms with Crippen molar-refractivity contribution in [1.82, 2.24) is 5.32 Å². The summed E-state index contributed by atoms with van der Waals surface area (Å²) in [5.41, 5.74) is -0.245. The molecule has 1 N–H and O–H groups in total. The van der Waals surface area contributed by atoms with Gasteiger partial charge < -0.3 is 5.32 Å². The summed E-state index contributed by atoms with van der Waals surface area (Å²) in [5, 5.41) is 11.6. The van der Waals surface area contributed by atoms with Gasteiger partial charge in [-0.25, -0.2) is 8.42 Å². The quantitative estimate of drug-likeness (QED) is 0.711. The van der Waals surface area contributed by atoms with Crippen molar-refractivity contribution in [3.63, 3.8) is 0 Å². The van der Waals surface area contributed by atoms with E-state index >= 15 is 0 Å². The fourth-order valence-electron chi connectivity index (χ4n) is 1.87. The number of nitrogens with zero attached hydrogens (tertiary/aromatic N) is 1. The molecule has 0 saturated carbocycles. The van der Waals surface area contributed by atoms with Gasteiger partial charge in [-0.1, -0.05) is 0 Å². The summed E-state index contributed by atoms with van der Waals surface area (Å²) in [5.74, 6) is 0.549. The maximum Gasteiger partial charge on any atom is 0.152 e. The minimum absolute atomic E-state index is 0.245. The molecule has 1 unspecified atom stereocenters. The zero-order valence-electron chi connectivity index (χ0n) is 9.12. The molecule has 0 spiro atoms. The minimum atomic E-state index is -2.82. The molecule has 0 radical (unpaired) electrons. The Balaban J connectivity index is 2.25. The number of nitrogens with one attached hydrogen (secondary N) is 1. The van der Waals surface area contributed by atoms with E-state index in [1.54, 1.807) is 0 Å². The van der Waals surface area contributed by atoms with Gasteiger partial charge in [0, 0.05) is 12.0 Å². The molecule has 15 heavy (non-hydrogen) atoms. The Morgan fingerprint density at radius 1 is 1.47 bits per heavy atom. The maximum atomic E-state index is 11.3. The fourth-order valence-corrected chi connectivity index (χ4v) is 3.99. The largest absolute Gasteiger partial charge is 0.310 e. The van der Waals surface area contributed by atoms with Crippen LogP contribution < -0.4 is 5.32 Å². The summed E-state index contributed by atoms with van der Waals surface area (Å²) in [6.07, 6.45) is 3.10. The van der Waals surface area contributed by atoms with Crippen LogP contribution in [0.1, 0.15) is 32.6 Å². The maximum absolute atomic E-state index is 11.3. The van der Waals surface area contributed by atoms with E-state index in [9.17, 15) is 8.42 Å². The van der Waals surface area contributed by atoms with Crippen LogP contribution in [0.2, 0.25) is 0 Å². The lowest BCUT2D eigenvalue weighted by atomic mass is 10.0. The Morgan fingerprint density at radius 3 is 2.73 bits per heavy atom. The zero-order valence-corrected chi connectivity index (χ0v) is 9.94. The lowest BCUT2D eigenvalue weighted by molar-refractivity contribution is 0.392. The highest BCUT2D eigenvalue weighted by Gasteiger charge is 2.37. The first kappa shape index (κ1) is 12.5. The van der Waals surface area contributed by atoms with Gasteiger partial charge in [-0.05, 0) is 32.7 Å². The molecule has 0 bridgehead atoms. The van der Waals surface area contributed by atoms with Gasteiger partial charge in [-0.15, -0.1) is 0 Å². The molecule has 4 nitrogen and oxygen atoms in total. The molecular weight excluding hydrogens is 212 g/mol. The second-order valence-electron chi connectivity index (χ2n) is 4.44. The molecular formula is C10H18N2O2S. The van der Waals surface area contributed by atoms with Crippen LogP contribution in [0.3, 0.4) is 0 Å². The number of unbranched alkanes of at least 4 members (excludes halogenated alkanes) is 2. The molecule has 1 heterocycles. The van der Waals surface area contributed by atoms with Crippen molar-refractivity contribution in [1.29, 1.82) is 5.26 Å². The van der Waals surface area contributed by atoms with Crippen LogP contribution in [0.4, 0.5) is 0 Å². The molecule has 0 amide bonds. The normalized spacial score (nSPS) is 28.8. The van der Waals surface area contributed by atoms with E-state index in [0.29, 0.717) is 18.6 Å². The number of hydrogen-bond acceptors (Lipinski definition) is 4. The summed E-state index contributed by atoms with van der Waals surface area (Å²) in [7, 11) is -2.82. The van der Waals surface area contributed by atoms with Crippen molar-refractivity contribution >= 4 is 9.84 Å². The van der Waals surface area contributed by atoms with Crippen molar-refractivity contribution in [3.8, 4) is 6.07 Å². The van der Waals surface area contributed by atoms with Crippen LogP contribution >= 0.6 is 0 Å². The number of rotatable bonds is 5. The molecule has 0 aliphatic carbocycles. The molecule has 0 aromatic heterocycles. The van der Waals surface area contributed by atoms with Gasteiger partial charge in [0.1, 0.15) is 0 Å². The van der Waals surface area contributed by atoms with Crippen LogP contribution in [0.5, 0.6) is 0 Å². The zero-order chi connectivity index (χ0) is 11.4. The Labute approximate surface area is 91.6 Å². The van der Waals surface area contributed by atoms with Crippen molar-refractivity contribution in [2.45, 2.75) is 38.1 Å². The average molecular weight is 230 g/mol. The van der Waals surface area contributed by atoms with E-state index in [0.717, 1.165) is 19.4 Å². The molecule has 1 aliphatic rings. The van der Waals surface area contributed by atoms with Gasteiger partial charge in [0.25, 0.3) is 0 Å². The van der Waals surface area contributed by atoms with Crippen LogP contribution in [-0.2, 0) is 9.84 Å². The van der Waals surface area contributed by atoms with E-state index in [-0.39, 0.29) is 11.3 Å². The Bertz CT molecular complexity index is 345. The van der Waals surface area contributed by atoms with Gasteiger partial charge in [0.15, 0.2) is 9.84 Å².